The number of nitrogens with zero attached hydrogens (tertiary/aromatic N) is 5. The second kappa shape index (κ2) is 8.66. The number of nitrogens with one attached hydrogen (secondary N) is 1. The quantitative estimate of drug-likeness (QED) is 0.571. The number of carbonyl (C=O) groups is 1. The van der Waals surface area contributed by atoms with Crippen molar-refractivity contribution in [3.63, 3.8) is 0 Å². The highest BCUT2D eigenvalue weighted by Gasteiger charge is 2.23. The summed E-state index contributed by atoms with van der Waals surface area (Å²) in [5.74, 6) is 0.0518. The van der Waals surface area contributed by atoms with Gasteiger partial charge in [-0.25, -0.2) is 9.97 Å². The van der Waals surface area contributed by atoms with Gasteiger partial charge in [-0.1, -0.05) is 19.4 Å². The number of carbonyl (C=O) groups excluding carboxylic acids is 1. The molecule has 1 amide bonds. The van der Waals surface area contributed by atoms with E-state index in [1.165, 1.54) is 6.07 Å². The van der Waals surface area contributed by atoms with E-state index in [4.69, 9.17) is 9.98 Å². The molecule has 142 valence electrons. The molecular weight excluding hydrogens is 347 g/mol. The first-order chi connectivity index (χ1) is 13.1. The summed E-state index contributed by atoms with van der Waals surface area (Å²) in [6.45, 7) is 5.04. The third-order valence-corrected chi connectivity index (χ3v) is 4.50. The first-order valence-electron chi connectivity index (χ1n) is 9.06. The number of hydrogen-bond donors (Lipinski definition) is 1. The standard InChI is InChI=1S/C19H23FN6O/c1-3-5-14-17(22-10-16(24-14)13(2)23-12-27)11-26-9-8-21-19(26)15-6-4-7-18(20)25-15/h4,6-9,12-13,16H,3,5,10-11H2,1-2H3,(H,23,27). The molecule has 1 aliphatic rings. The fourth-order valence-corrected chi connectivity index (χ4v) is 3.05. The van der Waals surface area contributed by atoms with Gasteiger partial charge in [0.15, 0.2) is 5.82 Å². The van der Waals surface area contributed by atoms with Crippen molar-refractivity contribution in [1.82, 2.24) is 19.9 Å². The maximum absolute atomic E-state index is 13.5. The molecule has 2 aromatic heterocycles. The van der Waals surface area contributed by atoms with Gasteiger partial charge in [-0.2, -0.15) is 4.39 Å². The number of halogens is 1. The molecule has 3 rings (SSSR count). The molecule has 1 N–H and O–H groups in total. The lowest BCUT2D eigenvalue weighted by molar-refractivity contribution is -0.110. The molecule has 1 aliphatic heterocycles. The highest BCUT2D eigenvalue weighted by Crippen LogP contribution is 2.17. The maximum Gasteiger partial charge on any atom is 0.213 e. The Hall–Kier alpha value is -2.90. The van der Waals surface area contributed by atoms with Gasteiger partial charge >= 0.3 is 0 Å². The van der Waals surface area contributed by atoms with Gasteiger partial charge in [0, 0.05) is 18.4 Å². The zero-order chi connectivity index (χ0) is 19.2. The summed E-state index contributed by atoms with van der Waals surface area (Å²) in [6.07, 6.45) is 5.95. The van der Waals surface area contributed by atoms with Crippen LogP contribution in [-0.2, 0) is 11.3 Å². The smallest absolute Gasteiger partial charge is 0.213 e. The molecule has 2 atom stereocenters. The monoisotopic (exact) mass is 370 g/mol. The lowest BCUT2D eigenvalue weighted by Crippen LogP contribution is -2.41. The Bertz CT molecular complexity index is 859. The van der Waals surface area contributed by atoms with Crippen LogP contribution in [0.5, 0.6) is 0 Å². The minimum Gasteiger partial charge on any atom is -0.354 e. The Balaban J connectivity index is 1.82. The molecule has 7 nitrogen and oxygen atoms in total. The Labute approximate surface area is 157 Å². The first kappa shape index (κ1) is 18.9. The van der Waals surface area contributed by atoms with Gasteiger partial charge in [0.2, 0.25) is 12.4 Å². The van der Waals surface area contributed by atoms with E-state index in [0.717, 1.165) is 24.3 Å². The fourth-order valence-electron chi connectivity index (χ4n) is 3.05. The van der Waals surface area contributed by atoms with E-state index in [-0.39, 0.29) is 12.1 Å². The average molecular weight is 370 g/mol. The van der Waals surface area contributed by atoms with Gasteiger partial charge in [0.1, 0.15) is 5.69 Å². The minimum absolute atomic E-state index is 0.0624. The Morgan fingerprint density at radius 1 is 1.41 bits per heavy atom. The van der Waals surface area contributed by atoms with Gasteiger partial charge in [-0.15, -0.1) is 0 Å². The number of aromatic nitrogens is 3. The summed E-state index contributed by atoms with van der Waals surface area (Å²) >= 11 is 0. The molecule has 3 heterocycles. The van der Waals surface area contributed by atoms with Crippen LogP contribution in [0, 0.1) is 5.95 Å². The molecule has 8 heteroatoms. The second-order valence-corrected chi connectivity index (χ2v) is 6.48. The predicted molar refractivity (Wildman–Crippen MR) is 103 cm³/mol. The lowest BCUT2D eigenvalue weighted by Gasteiger charge is -2.25. The van der Waals surface area contributed by atoms with E-state index in [9.17, 15) is 9.18 Å². The highest BCUT2D eigenvalue weighted by atomic mass is 19.1. The van der Waals surface area contributed by atoms with Gasteiger partial charge in [-0.05, 0) is 25.5 Å². The summed E-state index contributed by atoms with van der Waals surface area (Å²) in [4.78, 5) is 28.5. The van der Waals surface area contributed by atoms with Gasteiger partial charge in [-0.3, -0.25) is 14.8 Å². The molecule has 0 saturated carbocycles. The third kappa shape index (κ3) is 4.45. The van der Waals surface area contributed by atoms with Crippen molar-refractivity contribution < 1.29 is 9.18 Å². The molecule has 27 heavy (non-hydrogen) atoms. The molecule has 0 fully saturated rings. The number of rotatable bonds is 8. The van der Waals surface area contributed by atoms with Crippen molar-refractivity contribution in [2.75, 3.05) is 6.54 Å². The lowest BCUT2D eigenvalue weighted by atomic mass is 10.0. The molecule has 2 unspecified atom stereocenters. The van der Waals surface area contributed by atoms with Crippen LogP contribution in [0.3, 0.4) is 0 Å². The van der Waals surface area contributed by atoms with Crippen LogP contribution in [0.2, 0.25) is 0 Å². The van der Waals surface area contributed by atoms with Gasteiger partial charge < -0.3 is 9.88 Å². The molecule has 0 saturated heterocycles. The van der Waals surface area contributed by atoms with Crippen LogP contribution in [-0.4, -0.2) is 51.0 Å². The van der Waals surface area contributed by atoms with Crippen LogP contribution in [0.25, 0.3) is 11.5 Å². The van der Waals surface area contributed by atoms with E-state index in [0.29, 0.717) is 31.0 Å². The van der Waals surface area contributed by atoms with Crippen molar-refractivity contribution in [3.8, 4) is 11.5 Å². The van der Waals surface area contributed by atoms with Crippen molar-refractivity contribution in [2.45, 2.75) is 45.3 Å². The second-order valence-electron chi connectivity index (χ2n) is 6.48. The van der Waals surface area contributed by atoms with E-state index in [2.05, 4.69) is 22.2 Å². The molecule has 0 aromatic carbocycles. The topological polar surface area (TPSA) is 84.5 Å². The van der Waals surface area contributed by atoms with E-state index >= 15 is 0 Å². The van der Waals surface area contributed by atoms with Crippen molar-refractivity contribution >= 4 is 17.8 Å². The summed E-state index contributed by atoms with van der Waals surface area (Å²) in [5, 5.41) is 2.76. The van der Waals surface area contributed by atoms with E-state index in [1.807, 2.05) is 17.7 Å². The van der Waals surface area contributed by atoms with Crippen LogP contribution >= 0.6 is 0 Å². The molecule has 0 bridgehead atoms. The molecule has 2 aromatic rings. The molecule has 0 spiro atoms. The Kier molecular flexibility index (Phi) is 6.05. The molecule has 0 aliphatic carbocycles. The van der Waals surface area contributed by atoms with Crippen molar-refractivity contribution in [2.24, 2.45) is 9.98 Å². The van der Waals surface area contributed by atoms with Crippen molar-refractivity contribution in [1.29, 1.82) is 0 Å². The van der Waals surface area contributed by atoms with Crippen LogP contribution in [0.1, 0.15) is 26.7 Å². The zero-order valence-electron chi connectivity index (χ0n) is 15.5. The summed E-state index contributed by atoms with van der Waals surface area (Å²) in [6, 6.07) is 4.52. The maximum atomic E-state index is 13.5. The summed E-state index contributed by atoms with van der Waals surface area (Å²) < 4.78 is 15.4. The number of amides is 1. The van der Waals surface area contributed by atoms with Crippen LogP contribution in [0.15, 0.2) is 40.6 Å². The average Bonchev–Trinajstić information content (AvgIpc) is 3.12. The number of aliphatic imine (C=N–C) groups is 2. The number of hydrogen-bond acceptors (Lipinski definition) is 5. The van der Waals surface area contributed by atoms with Gasteiger partial charge in [0.25, 0.3) is 0 Å². The van der Waals surface area contributed by atoms with Crippen molar-refractivity contribution in [3.05, 3.63) is 36.5 Å². The SMILES string of the molecule is CCCC1=NC(C(C)NC=O)CN=C1Cn1ccnc1-c1cccc(F)n1. The third-order valence-electron chi connectivity index (χ3n) is 4.50. The zero-order valence-corrected chi connectivity index (χ0v) is 15.5. The van der Waals surface area contributed by atoms with Crippen LogP contribution < -0.4 is 5.32 Å². The summed E-state index contributed by atoms with van der Waals surface area (Å²) in [5.41, 5.74) is 2.31. The Morgan fingerprint density at radius 2 is 2.26 bits per heavy atom. The first-order valence-corrected chi connectivity index (χ1v) is 9.06. The minimum atomic E-state index is -0.537. The summed E-state index contributed by atoms with van der Waals surface area (Å²) in [7, 11) is 0. The fraction of sp³-hybridized carbons (Fsp3) is 0.421. The number of pyridine rings is 1. The largest absolute Gasteiger partial charge is 0.354 e. The Morgan fingerprint density at radius 3 is 3.00 bits per heavy atom. The van der Waals surface area contributed by atoms with E-state index < -0.39 is 5.95 Å². The van der Waals surface area contributed by atoms with Gasteiger partial charge in [0.05, 0.1) is 30.6 Å². The van der Waals surface area contributed by atoms with Crippen LogP contribution in [0.4, 0.5) is 4.39 Å². The molecule has 0 radical (unpaired) electrons. The number of imidazole rings is 1. The molecular formula is C19H23FN6O. The van der Waals surface area contributed by atoms with E-state index in [1.54, 1.807) is 18.3 Å². The predicted octanol–water partition coefficient (Wildman–Crippen LogP) is 2.28. The normalized spacial score (nSPS) is 17.8. The highest BCUT2D eigenvalue weighted by molar-refractivity contribution is 6.42.